The van der Waals surface area contributed by atoms with Crippen LogP contribution in [0.1, 0.15) is 24.1 Å². The van der Waals surface area contributed by atoms with Crippen LogP contribution < -0.4 is 4.72 Å². The highest BCUT2D eigenvalue weighted by atomic mass is 35.5. The number of benzene rings is 1. The van der Waals surface area contributed by atoms with E-state index in [9.17, 15) is 8.42 Å². The molecule has 2 aromatic rings. The van der Waals surface area contributed by atoms with Crippen molar-refractivity contribution in [3.63, 3.8) is 0 Å². The van der Waals surface area contributed by atoms with E-state index in [1.807, 2.05) is 6.07 Å². The second kappa shape index (κ2) is 5.63. The molecule has 1 unspecified atom stereocenters. The first kappa shape index (κ1) is 14.5. The number of hydrogen-bond acceptors (Lipinski definition) is 4. The SMILES string of the molecule is CC(NS(=O)(=O)c1cc(C#N)ccc1Cl)c1cn[nH]c1. The van der Waals surface area contributed by atoms with Crippen molar-refractivity contribution in [3.8, 4) is 6.07 Å². The first-order chi connectivity index (χ1) is 9.44. The van der Waals surface area contributed by atoms with E-state index in [-0.39, 0.29) is 15.5 Å². The molecule has 1 atom stereocenters. The van der Waals surface area contributed by atoms with Gasteiger partial charge in [0.25, 0.3) is 0 Å². The minimum Gasteiger partial charge on any atom is -0.285 e. The molecule has 20 heavy (non-hydrogen) atoms. The van der Waals surface area contributed by atoms with Crippen molar-refractivity contribution in [2.45, 2.75) is 17.9 Å². The Kier molecular flexibility index (Phi) is 4.09. The number of nitrogens with one attached hydrogen (secondary N) is 2. The second-order valence-corrected chi connectivity index (χ2v) is 6.22. The van der Waals surface area contributed by atoms with Crippen LogP contribution in [0.5, 0.6) is 0 Å². The van der Waals surface area contributed by atoms with Gasteiger partial charge in [-0.05, 0) is 25.1 Å². The number of sulfonamides is 1. The lowest BCUT2D eigenvalue weighted by Crippen LogP contribution is -2.27. The fourth-order valence-electron chi connectivity index (χ4n) is 1.64. The van der Waals surface area contributed by atoms with Gasteiger partial charge in [0.1, 0.15) is 4.90 Å². The van der Waals surface area contributed by atoms with Crippen molar-refractivity contribution in [3.05, 3.63) is 46.7 Å². The molecule has 8 heteroatoms. The first-order valence-electron chi connectivity index (χ1n) is 5.64. The number of nitriles is 1. The van der Waals surface area contributed by atoms with Crippen molar-refractivity contribution in [1.29, 1.82) is 5.26 Å². The summed E-state index contributed by atoms with van der Waals surface area (Å²) in [7, 11) is -3.82. The van der Waals surface area contributed by atoms with Crippen LogP contribution in [-0.4, -0.2) is 18.6 Å². The highest BCUT2D eigenvalue weighted by Crippen LogP contribution is 2.24. The summed E-state index contributed by atoms with van der Waals surface area (Å²) in [6, 6.07) is 5.50. The second-order valence-electron chi connectivity index (χ2n) is 4.13. The minimum absolute atomic E-state index is 0.0656. The monoisotopic (exact) mass is 310 g/mol. The number of aromatic nitrogens is 2. The molecule has 104 valence electrons. The van der Waals surface area contributed by atoms with Gasteiger partial charge in [0.15, 0.2) is 0 Å². The van der Waals surface area contributed by atoms with Gasteiger partial charge in [-0.25, -0.2) is 13.1 Å². The van der Waals surface area contributed by atoms with Crippen molar-refractivity contribution < 1.29 is 8.42 Å². The van der Waals surface area contributed by atoms with Crippen LogP contribution in [0.15, 0.2) is 35.5 Å². The standard InChI is InChI=1S/C12H11ClN4O2S/c1-8(10-6-15-16-7-10)17-20(18,19)12-4-9(5-14)2-3-11(12)13/h2-4,6-8,17H,1H3,(H,15,16). The summed E-state index contributed by atoms with van der Waals surface area (Å²) in [5.74, 6) is 0. The van der Waals surface area contributed by atoms with Crippen LogP contribution in [0, 0.1) is 11.3 Å². The molecule has 0 saturated carbocycles. The average Bonchev–Trinajstić information content (AvgIpc) is 2.92. The van der Waals surface area contributed by atoms with Crippen molar-refractivity contribution >= 4 is 21.6 Å². The first-order valence-corrected chi connectivity index (χ1v) is 7.51. The van der Waals surface area contributed by atoms with Gasteiger partial charge in [-0.1, -0.05) is 11.6 Å². The van der Waals surface area contributed by atoms with Gasteiger partial charge in [0.05, 0.1) is 22.9 Å². The molecule has 0 saturated heterocycles. The molecule has 0 fully saturated rings. The highest BCUT2D eigenvalue weighted by Gasteiger charge is 2.22. The molecule has 0 aliphatic rings. The lowest BCUT2D eigenvalue weighted by molar-refractivity contribution is 0.567. The number of rotatable bonds is 4. The Bertz CT molecular complexity index is 750. The Morgan fingerprint density at radius 3 is 2.85 bits per heavy atom. The quantitative estimate of drug-likeness (QED) is 0.902. The molecular weight excluding hydrogens is 300 g/mol. The molecule has 6 nitrogen and oxygen atoms in total. The molecule has 1 aromatic carbocycles. The summed E-state index contributed by atoms with van der Waals surface area (Å²) in [6.07, 6.45) is 3.13. The van der Waals surface area contributed by atoms with E-state index < -0.39 is 16.1 Å². The lowest BCUT2D eigenvalue weighted by Gasteiger charge is -2.13. The van der Waals surface area contributed by atoms with Crippen molar-refractivity contribution in [2.24, 2.45) is 0 Å². The third-order valence-corrected chi connectivity index (χ3v) is 4.72. The van der Waals surface area contributed by atoms with Gasteiger partial charge in [-0.2, -0.15) is 10.4 Å². The summed E-state index contributed by atoms with van der Waals surface area (Å²) in [6.45, 7) is 1.68. The molecule has 0 spiro atoms. The maximum Gasteiger partial charge on any atom is 0.242 e. The molecule has 1 heterocycles. The van der Waals surface area contributed by atoms with E-state index in [1.165, 1.54) is 24.4 Å². The van der Waals surface area contributed by atoms with E-state index >= 15 is 0 Å². The van der Waals surface area contributed by atoms with Crippen LogP contribution in [0.2, 0.25) is 5.02 Å². The Morgan fingerprint density at radius 1 is 1.50 bits per heavy atom. The van der Waals surface area contributed by atoms with E-state index in [0.29, 0.717) is 5.56 Å². The minimum atomic E-state index is -3.82. The molecule has 2 rings (SSSR count). The molecule has 0 radical (unpaired) electrons. The lowest BCUT2D eigenvalue weighted by atomic mass is 10.2. The fraction of sp³-hybridized carbons (Fsp3) is 0.167. The molecule has 0 aliphatic heterocycles. The zero-order valence-electron chi connectivity index (χ0n) is 10.5. The molecule has 2 N–H and O–H groups in total. The third-order valence-electron chi connectivity index (χ3n) is 2.70. The molecule has 0 bridgehead atoms. The Labute approximate surface area is 121 Å². The largest absolute Gasteiger partial charge is 0.285 e. The highest BCUT2D eigenvalue weighted by molar-refractivity contribution is 7.89. The summed E-state index contributed by atoms with van der Waals surface area (Å²) in [4.78, 5) is -0.117. The third kappa shape index (κ3) is 2.99. The smallest absolute Gasteiger partial charge is 0.242 e. The van der Waals surface area contributed by atoms with E-state index in [0.717, 1.165) is 0 Å². The Balaban J connectivity index is 2.34. The van der Waals surface area contributed by atoms with Crippen LogP contribution in [0.4, 0.5) is 0 Å². The maximum absolute atomic E-state index is 12.3. The Hall–Kier alpha value is -1.88. The number of hydrogen-bond donors (Lipinski definition) is 2. The van der Waals surface area contributed by atoms with Gasteiger partial charge in [0.2, 0.25) is 10.0 Å². The topological polar surface area (TPSA) is 98.6 Å². The predicted molar refractivity (Wildman–Crippen MR) is 73.5 cm³/mol. The molecular formula is C12H11ClN4O2S. The van der Waals surface area contributed by atoms with Crippen LogP contribution >= 0.6 is 11.6 Å². The van der Waals surface area contributed by atoms with Crippen LogP contribution in [-0.2, 0) is 10.0 Å². The zero-order chi connectivity index (χ0) is 14.8. The zero-order valence-corrected chi connectivity index (χ0v) is 12.0. The number of H-pyrrole nitrogens is 1. The van der Waals surface area contributed by atoms with Crippen LogP contribution in [0.25, 0.3) is 0 Å². The average molecular weight is 311 g/mol. The molecule has 0 aliphatic carbocycles. The molecule has 0 amide bonds. The van der Waals surface area contributed by atoms with Gasteiger partial charge >= 0.3 is 0 Å². The van der Waals surface area contributed by atoms with Gasteiger partial charge in [-0.15, -0.1) is 0 Å². The van der Waals surface area contributed by atoms with E-state index in [2.05, 4.69) is 14.9 Å². The summed E-state index contributed by atoms with van der Waals surface area (Å²) >= 11 is 5.90. The normalized spacial score (nSPS) is 12.8. The Morgan fingerprint density at radius 2 is 2.25 bits per heavy atom. The predicted octanol–water partition coefficient (Wildman–Crippen LogP) is 1.97. The number of halogens is 1. The van der Waals surface area contributed by atoms with E-state index in [1.54, 1.807) is 13.1 Å². The maximum atomic E-state index is 12.3. The fourth-order valence-corrected chi connectivity index (χ4v) is 3.40. The van der Waals surface area contributed by atoms with Crippen molar-refractivity contribution in [2.75, 3.05) is 0 Å². The summed E-state index contributed by atoms with van der Waals surface area (Å²) in [5.41, 5.74) is 0.923. The van der Waals surface area contributed by atoms with E-state index in [4.69, 9.17) is 16.9 Å². The summed E-state index contributed by atoms with van der Waals surface area (Å²) in [5, 5.41) is 15.3. The van der Waals surface area contributed by atoms with Gasteiger partial charge in [-0.3, -0.25) is 5.10 Å². The number of nitrogens with zero attached hydrogens (tertiary/aromatic N) is 2. The molecule has 1 aromatic heterocycles. The summed E-state index contributed by atoms with van der Waals surface area (Å²) < 4.78 is 27.1. The number of aromatic amines is 1. The van der Waals surface area contributed by atoms with Crippen LogP contribution in [0.3, 0.4) is 0 Å². The van der Waals surface area contributed by atoms with Gasteiger partial charge < -0.3 is 0 Å². The van der Waals surface area contributed by atoms with Crippen molar-refractivity contribution in [1.82, 2.24) is 14.9 Å². The van der Waals surface area contributed by atoms with Gasteiger partial charge in [0, 0.05) is 17.8 Å².